The van der Waals surface area contributed by atoms with Crippen molar-refractivity contribution < 1.29 is 14.6 Å². The van der Waals surface area contributed by atoms with Crippen LogP contribution in [0.1, 0.15) is 35.3 Å². The summed E-state index contributed by atoms with van der Waals surface area (Å²) in [5.41, 5.74) is -1.05. The first-order chi connectivity index (χ1) is 12.1. The van der Waals surface area contributed by atoms with Gasteiger partial charge in [0.15, 0.2) is 5.78 Å². The fourth-order valence-electron chi connectivity index (χ4n) is 3.42. The molecule has 1 fully saturated rings. The first-order valence-electron chi connectivity index (χ1n) is 8.02. The zero-order valence-electron chi connectivity index (χ0n) is 15.0. The third kappa shape index (κ3) is 3.39. The molecule has 1 aromatic heterocycles. The summed E-state index contributed by atoms with van der Waals surface area (Å²) in [6.07, 6.45) is 1.60. The maximum absolute atomic E-state index is 13.1. The molecule has 1 aliphatic rings. The number of methoxy groups -OCH3 is 1. The Labute approximate surface area is 161 Å². The van der Waals surface area contributed by atoms with Crippen molar-refractivity contribution in [2.75, 3.05) is 13.7 Å². The largest absolute Gasteiger partial charge is 0.494 e. The molecule has 1 N–H and O–H groups in total. The van der Waals surface area contributed by atoms with Gasteiger partial charge < -0.3 is 9.84 Å². The van der Waals surface area contributed by atoms with E-state index >= 15 is 0 Å². The molecule has 2 rings (SSSR count). The number of allylic oxidation sites excluding steroid dienone is 1. The predicted octanol–water partition coefficient (Wildman–Crippen LogP) is 3.15. The molecule has 1 aromatic rings. The Hall–Kier alpha value is -1.81. The molecule has 1 heterocycles. The number of carbonyl (C=O) groups is 1. The van der Waals surface area contributed by atoms with Crippen molar-refractivity contribution in [2.45, 2.75) is 27.3 Å². The topological polar surface area (TPSA) is 92.3 Å². The average Bonchev–Trinajstić information content (AvgIpc) is 3.07. The number of aromatic hydroxyl groups is 1. The third-order valence-corrected chi connectivity index (χ3v) is 5.32. The van der Waals surface area contributed by atoms with Gasteiger partial charge in [0.25, 0.3) is 5.56 Å². The number of halogens is 2. The van der Waals surface area contributed by atoms with Gasteiger partial charge in [0.05, 0.1) is 18.7 Å². The number of aromatic nitrogens is 1. The summed E-state index contributed by atoms with van der Waals surface area (Å²) < 4.78 is 6.01. The number of hydrogen-bond acceptors (Lipinski definition) is 5. The van der Waals surface area contributed by atoms with E-state index in [0.29, 0.717) is 0 Å². The Kier molecular flexibility index (Phi) is 5.86. The molecular formula is C18H20Cl2N2O4. The monoisotopic (exact) mass is 398 g/mol. The van der Waals surface area contributed by atoms with E-state index in [0.717, 1.165) is 4.57 Å². The number of pyridine rings is 1. The maximum atomic E-state index is 13.1. The lowest BCUT2D eigenvalue weighted by atomic mass is 9.96. The molecule has 6 nitrogen and oxygen atoms in total. The number of rotatable bonds is 6. The summed E-state index contributed by atoms with van der Waals surface area (Å²) in [7, 11) is 1.45. The molecule has 0 saturated heterocycles. The summed E-state index contributed by atoms with van der Waals surface area (Å²) in [5, 5.41) is 19.9. The molecule has 0 aliphatic heterocycles. The van der Waals surface area contributed by atoms with Gasteiger partial charge in [0.1, 0.15) is 16.1 Å². The normalized spacial score (nSPS) is 20.3. The molecule has 0 aromatic carbocycles. The number of carbonyl (C=O) groups excluding carboxylic acids is 1. The van der Waals surface area contributed by atoms with Crippen LogP contribution in [0, 0.1) is 35.5 Å². The Bertz CT molecular complexity index is 877. The molecular weight excluding hydrogens is 379 g/mol. The van der Waals surface area contributed by atoms with Crippen LogP contribution in [0.15, 0.2) is 15.4 Å². The van der Waals surface area contributed by atoms with Crippen molar-refractivity contribution in [3.63, 3.8) is 0 Å². The summed E-state index contributed by atoms with van der Waals surface area (Å²) in [6, 6.07) is 1.83. The van der Waals surface area contributed by atoms with Crippen LogP contribution in [0.25, 0.3) is 0 Å². The van der Waals surface area contributed by atoms with E-state index in [2.05, 4.69) is 0 Å². The first-order valence-corrected chi connectivity index (χ1v) is 8.77. The fraction of sp³-hybridized carbons (Fsp3) is 0.500. The minimum atomic E-state index is -0.647. The number of nitrogens with zero attached hydrogens (tertiary/aromatic N) is 2. The lowest BCUT2D eigenvalue weighted by Crippen LogP contribution is -2.28. The van der Waals surface area contributed by atoms with E-state index in [-0.39, 0.29) is 46.0 Å². The lowest BCUT2D eigenvalue weighted by molar-refractivity contribution is 0.0945. The molecule has 0 amide bonds. The van der Waals surface area contributed by atoms with E-state index in [1.54, 1.807) is 6.08 Å². The molecule has 140 valence electrons. The highest BCUT2D eigenvalue weighted by Crippen LogP contribution is 2.61. The predicted molar refractivity (Wildman–Crippen MR) is 98.6 cm³/mol. The van der Waals surface area contributed by atoms with Gasteiger partial charge in [0.2, 0.25) is 5.88 Å². The minimum absolute atomic E-state index is 0.0167. The summed E-state index contributed by atoms with van der Waals surface area (Å²) in [6.45, 7) is 5.46. The van der Waals surface area contributed by atoms with Gasteiger partial charge in [-0.1, -0.05) is 37.0 Å². The quantitative estimate of drug-likeness (QED) is 0.742. The van der Waals surface area contributed by atoms with E-state index in [4.69, 9.17) is 27.9 Å². The average molecular weight is 399 g/mol. The molecule has 2 unspecified atom stereocenters. The standard InChI is InChI=1S/C18H20Cl2N2O4/c1-9-10(8-21)16(24)22(5-6-26-4)17(25)13(9)15(23)14-11(7-12(19)20)18(14,2)3/h7,11,14,25H,5-6H2,1-4H3. The number of nitriles is 1. The summed E-state index contributed by atoms with van der Waals surface area (Å²) >= 11 is 11.5. The minimum Gasteiger partial charge on any atom is -0.494 e. The maximum Gasteiger partial charge on any atom is 0.271 e. The Morgan fingerprint density at radius 1 is 1.46 bits per heavy atom. The van der Waals surface area contributed by atoms with Crippen molar-refractivity contribution in [1.82, 2.24) is 4.57 Å². The Morgan fingerprint density at radius 2 is 2.08 bits per heavy atom. The molecule has 0 radical (unpaired) electrons. The smallest absolute Gasteiger partial charge is 0.271 e. The van der Waals surface area contributed by atoms with Crippen LogP contribution in [0.5, 0.6) is 5.88 Å². The molecule has 1 saturated carbocycles. The van der Waals surface area contributed by atoms with Crippen LogP contribution < -0.4 is 5.56 Å². The van der Waals surface area contributed by atoms with Gasteiger partial charge in [-0.2, -0.15) is 5.26 Å². The Balaban J connectivity index is 2.60. The van der Waals surface area contributed by atoms with Crippen LogP contribution in [-0.4, -0.2) is 29.2 Å². The second kappa shape index (κ2) is 7.43. The lowest BCUT2D eigenvalue weighted by Gasteiger charge is -2.15. The van der Waals surface area contributed by atoms with Gasteiger partial charge in [-0.25, -0.2) is 0 Å². The van der Waals surface area contributed by atoms with Gasteiger partial charge >= 0.3 is 0 Å². The zero-order chi connectivity index (χ0) is 19.8. The molecule has 8 heteroatoms. The second-order valence-electron chi connectivity index (χ2n) is 6.91. The van der Waals surface area contributed by atoms with Gasteiger partial charge in [-0.3, -0.25) is 14.2 Å². The first kappa shape index (κ1) is 20.5. The van der Waals surface area contributed by atoms with E-state index in [9.17, 15) is 20.0 Å². The van der Waals surface area contributed by atoms with Crippen molar-refractivity contribution >= 4 is 29.0 Å². The van der Waals surface area contributed by atoms with Crippen LogP contribution >= 0.6 is 23.2 Å². The van der Waals surface area contributed by atoms with Crippen molar-refractivity contribution in [1.29, 1.82) is 5.26 Å². The number of Topliss-reactive ketones (excluding diaryl/α,β-unsaturated/α-hetero) is 1. The van der Waals surface area contributed by atoms with Crippen LogP contribution in [0.4, 0.5) is 0 Å². The van der Waals surface area contributed by atoms with Gasteiger partial charge in [0, 0.05) is 13.0 Å². The second-order valence-corrected chi connectivity index (χ2v) is 7.91. The van der Waals surface area contributed by atoms with Crippen LogP contribution in [-0.2, 0) is 11.3 Å². The summed E-state index contributed by atoms with van der Waals surface area (Å²) in [4.78, 5) is 25.5. The van der Waals surface area contributed by atoms with Crippen LogP contribution in [0.2, 0.25) is 0 Å². The van der Waals surface area contributed by atoms with Crippen molar-refractivity contribution in [3.8, 4) is 11.9 Å². The van der Waals surface area contributed by atoms with Crippen molar-refractivity contribution in [2.24, 2.45) is 17.3 Å². The van der Waals surface area contributed by atoms with Gasteiger partial charge in [-0.15, -0.1) is 0 Å². The SMILES string of the molecule is COCCn1c(O)c(C(=O)C2C(C=C(Cl)Cl)C2(C)C)c(C)c(C#N)c1=O. The van der Waals surface area contributed by atoms with E-state index in [1.165, 1.54) is 14.0 Å². The van der Waals surface area contributed by atoms with Crippen LogP contribution in [0.3, 0.4) is 0 Å². The number of ether oxygens (including phenoxy) is 1. The number of hydrogen-bond donors (Lipinski definition) is 1. The van der Waals surface area contributed by atoms with Gasteiger partial charge in [-0.05, 0) is 29.9 Å². The van der Waals surface area contributed by atoms with Crippen molar-refractivity contribution in [3.05, 3.63) is 37.6 Å². The fourth-order valence-corrected chi connectivity index (χ4v) is 3.69. The van der Waals surface area contributed by atoms with E-state index < -0.39 is 22.8 Å². The molecule has 1 aliphatic carbocycles. The highest BCUT2D eigenvalue weighted by Gasteiger charge is 2.61. The van der Waals surface area contributed by atoms with E-state index in [1.807, 2.05) is 19.9 Å². The zero-order valence-corrected chi connectivity index (χ0v) is 16.5. The number of ketones is 1. The Morgan fingerprint density at radius 3 is 2.58 bits per heavy atom. The molecule has 26 heavy (non-hydrogen) atoms. The highest BCUT2D eigenvalue weighted by molar-refractivity contribution is 6.55. The molecule has 2 atom stereocenters. The highest BCUT2D eigenvalue weighted by atomic mass is 35.5. The third-order valence-electron chi connectivity index (χ3n) is 5.06. The molecule has 0 bridgehead atoms. The molecule has 0 spiro atoms. The summed E-state index contributed by atoms with van der Waals surface area (Å²) in [5.74, 6) is -1.44.